The Kier molecular flexibility index (Phi) is 8.35. The second-order valence-electron chi connectivity index (χ2n) is 4.63. The molecule has 2 atom stereocenters. The molecule has 7 heteroatoms. The highest BCUT2D eigenvalue weighted by molar-refractivity contribution is 5.83. The van der Waals surface area contributed by atoms with Gasteiger partial charge in [0.15, 0.2) is 0 Å². The second kappa shape index (κ2) is 9.17. The van der Waals surface area contributed by atoms with Crippen molar-refractivity contribution in [3.05, 3.63) is 0 Å². The molecule has 0 aliphatic carbocycles. The Morgan fingerprint density at radius 1 is 1.30 bits per heavy atom. The summed E-state index contributed by atoms with van der Waals surface area (Å²) in [4.78, 5) is 35.4. The fraction of sp³-hybridized carbons (Fsp3) is 0.769. The number of esters is 1. The first-order chi connectivity index (χ1) is 9.33. The molecule has 0 heterocycles. The zero-order chi connectivity index (χ0) is 15.7. The number of hydrogen-bond donors (Lipinski definition) is 2. The molecule has 0 spiro atoms. The Balaban J connectivity index is 4.35. The van der Waals surface area contributed by atoms with E-state index in [1.807, 2.05) is 6.92 Å². The number of carbonyl (C=O) groups is 3. The lowest BCUT2D eigenvalue weighted by Gasteiger charge is -2.24. The van der Waals surface area contributed by atoms with E-state index < -0.39 is 18.0 Å². The lowest BCUT2D eigenvalue weighted by molar-refractivity contribution is -0.143. The van der Waals surface area contributed by atoms with Gasteiger partial charge in [-0.1, -0.05) is 20.3 Å². The molecule has 2 unspecified atom stereocenters. The van der Waals surface area contributed by atoms with Crippen LogP contribution in [0.25, 0.3) is 0 Å². The van der Waals surface area contributed by atoms with Crippen molar-refractivity contribution in [2.45, 2.75) is 39.7 Å². The van der Waals surface area contributed by atoms with E-state index in [0.717, 1.165) is 0 Å². The normalized spacial score (nSPS) is 13.2. The standard InChI is InChI=1S/C13H24N2O5/c1-5-9(3)11(12(17)18)14-13(19)15(4)8-7-10(16)20-6-2/h9,11H,5-8H2,1-4H3,(H,14,19)(H,17,18). The van der Waals surface area contributed by atoms with E-state index in [0.29, 0.717) is 13.0 Å². The van der Waals surface area contributed by atoms with Gasteiger partial charge >= 0.3 is 18.0 Å². The molecule has 0 rings (SSSR count). The number of aliphatic carboxylic acids is 1. The highest BCUT2D eigenvalue weighted by atomic mass is 16.5. The Bertz CT molecular complexity index is 346. The van der Waals surface area contributed by atoms with Crippen molar-refractivity contribution in [2.24, 2.45) is 5.92 Å². The first kappa shape index (κ1) is 18.2. The number of nitrogens with zero attached hydrogens (tertiary/aromatic N) is 1. The molecule has 0 radical (unpaired) electrons. The van der Waals surface area contributed by atoms with Crippen molar-refractivity contribution >= 4 is 18.0 Å². The van der Waals surface area contributed by atoms with Gasteiger partial charge in [-0.2, -0.15) is 0 Å². The quantitative estimate of drug-likeness (QED) is 0.652. The predicted octanol–water partition coefficient (Wildman–Crippen LogP) is 1.08. The maximum atomic E-state index is 11.8. The average molecular weight is 288 g/mol. The van der Waals surface area contributed by atoms with Crippen molar-refractivity contribution in [1.82, 2.24) is 10.2 Å². The van der Waals surface area contributed by atoms with Crippen LogP contribution in [0.2, 0.25) is 0 Å². The van der Waals surface area contributed by atoms with E-state index in [1.54, 1.807) is 13.8 Å². The van der Waals surface area contributed by atoms with Gasteiger partial charge in [-0.3, -0.25) is 4.79 Å². The van der Waals surface area contributed by atoms with Crippen LogP contribution in [0, 0.1) is 5.92 Å². The molecular weight excluding hydrogens is 264 g/mol. The van der Waals surface area contributed by atoms with Gasteiger partial charge in [0.2, 0.25) is 0 Å². The van der Waals surface area contributed by atoms with Crippen LogP contribution in [0.3, 0.4) is 0 Å². The molecule has 0 aliphatic rings. The lowest BCUT2D eigenvalue weighted by Crippen LogP contribution is -2.49. The summed E-state index contributed by atoms with van der Waals surface area (Å²) in [5.41, 5.74) is 0. The van der Waals surface area contributed by atoms with E-state index >= 15 is 0 Å². The molecule has 20 heavy (non-hydrogen) atoms. The highest BCUT2D eigenvalue weighted by Gasteiger charge is 2.26. The molecule has 0 aliphatic heterocycles. The summed E-state index contributed by atoms with van der Waals surface area (Å²) in [6.07, 6.45) is 0.725. The zero-order valence-corrected chi connectivity index (χ0v) is 12.5. The highest BCUT2D eigenvalue weighted by Crippen LogP contribution is 2.08. The first-order valence-electron chi connectivity index (χ1n) is 6.73. The minimum absolute atomic E-state index is 0.0822. The van der Waals surface area contributed by atoms with Crippen molar-refractivity contribution in [2.75, 3.05) is 20.2 Å². The van der Waals surface area contributed by atoms with Crippen LogP contribution in [0.15, 0.2) is 0 Å². The van der Waals surface area contributed by atoms with Crippen LogP contribution in [0.5, 0.6) is 0 Å². The number of ether oxygens (including phenoxy) is 1. The van der Waals surface area contributed by atoms with Crippen molar-refractivity contribution in [1.29, 1.82) is 0 Å². The fourth-order valence-electron chi connectivity index (χ4n) is 1.52. The number of carbonyl (C=O) groups excluding carboxylic acids is 2. The second-order valence-corrected chi connectivity index (χ2v) is 4.63. The molecule has 0 saturated carbocycles. The van der Waals surface area contributed by atoms with E-state index in [1.165, 1.54) is 11.9 Å². The van der Waals surface area contributed by atoms with Gasteiger partial charge < -0.3 is 20.1 Å². The van der Waals surface area contributed by atoms with E-state index in [-0.39, 0.29) is 24.9 Å². The van der Waals surface area contributed by atoms with E-state index in [2.05, 4.69) is 5.32 Å². The summed E-state index contributed by atoms with van der Waals surface area (Å²) in [5.74, 6) is -1.62. The van der Waals surface area contributed by atoms with Crippen molar-refractivity contribution in [3.8, 4) is 0 Å². The third kappa shape index (κ3) is 6.40. The van der Waals surface area contributed by atoms with Crippen LogP contribution in [0.4, 0.5) is 4.79 Å². The Morgan fingerprint density at radius 3 is 2.35 bits per heavy atom. The molecule has 0 bridgehead atoms. The van der Waals surface area contributed by atoms with Crippen LogP contribution in [-0.4, -0.2) is 54.2 Å². The minimum Gasteiger partial charge on any atom is -0.480 e. The molecular formula is C13H24N2O5. The Morgan fingerprint density at radius 2 is 1.90 bits per heavy atom. The van der Waals surface area contributed by atoms with E-state index in [4.69, 9.17) is 9.84 Å². The summed E-state index contributed by atoms with van der Waals surface area (Å²) < 4.78 is 4.76. The number of rotatable bonds is 8. The SMILES string of the molecule is CCOC(=O)CCN(C)C(=O)NC(C(=O)O)C(C)CC. The van der Waals surface area contributed by atoms with Crippen LogP contribution >= 0.6 is 0 Å². The number of urea groups is 1. The molecule has 0 saturated heterocycles. The summed E-state index contributed by atoms with van der Waals surface area (Å²) in [7, 11) is 1.50. The molecule has 0 aromatic rings. The number of hydrogen-bond acceptors (Lipinski definition) is 4. The Hall–Kier alpha value is -1.79. The van der Waals surface area contributed by atoms with Gasteiger partial charge in [0.25, 0.3) is 0 Å². The monoisotopic (exact) mass is 288 g/mol. The number of carboxylic acid groups (broad SMARTS) is 1. The van der Waals surface area contributed by atoms with Gasteiger partial charge in [0.05, 0.1) is 13.0 Å². The van der Waals surface area contributed by atoms with Gasteiger partial charge in [-0.15, -0.1) is 0 Å². The summed E-state index contributed by atoms with van der Waals surface area (Å²) in [6.45, 7) is 5.80. The van der Waals surface area contributed by atoms with Crippen LogP contribution in [0.1, 0.15) is 33.6 Å². The molecule has 0 aromatic heterocycles. The molecule has 0 aromatic carbocycles. The third-order valence-corrected chi connectivity index (χ3v) is 3.06. The lowest BCUT2D eigenvalue weighted by atomic mass is 9.99. The topological polar surface area (TPSA) is 95.9 Å². The average Bonchev–Trinajstić information content (AvgIpc) is 2.40. The zero-order valence-electron chi connectivity index (χ0n) is 12.5. The minimum atomic E-state index is -1.06. The van der Waals surface area contributed by atoms with Gasteiger partial charge in [0.1, 0.15) is 6.04 Å². The van der Waals surface area contributed by atoms with E-state index in [9.17, 15) is 14.4 Å². The van der Waals surface area contributed by atoms with Gasteiger partial charge in [0, 0.05) is 13.6 Å². The van der Waals surface area contributed by atoms with Gasteiger partial charge in [-0.05, 0) is 12.8 Å². The fourth-order valence-corrected chi connectivity index (χ4v) is 1.52. The largest absolute Gasteiger partial charge is 0.480 e. The predicted molar refractivity (Wildman–Crippen MR) is 73.3 cm³/mol. The molecule has 2 amide bonds. The first-order valence-corrected chi connectivity index (χ1v) is 6.73. The van der Waals surface area contributed by atoms with Gasteiger partial charge in [-0.25, -0.2) is 9.59 Å². The molecule has 2 N–H and O–H groups in total. The molecule has 7 nitrogen and oxygen atoms in total. The molecule has 116 valence electrons. The summed E-state index contributed by atoms with van der Waals surface area (Å²) in [6, 6.07) is -1.44. The number of amides is 2. The molecule has 0 fully saturated rings. The van der Waals surface area contributed by atoms with Crippen LogP contribution in [-0.2, 0) is 14.3 Å². The maximum Gasteiger partial charge on any atom is 0.326 e. The van der Waals surface area contributed by atoms with Crippen molar-refractivity contribution < 1.29 is 24.2 Å². The number of carboxylic acids is 1. The summed E-state index contributed by atoms with van der Waals surface area (Å²) in [5, 5.41) is 11.5. The Labute approximate surface area is 119 Å². The third-order valence-electron chi connectivity index (χ3n) is 3.06. The van der Waals surface area contributed by atoms with Crippen LogP contribution < -0.4 is 5.32 Å². The number of nitrogens with one attached hydrogen (secondary N) is 1. The maximum absolute atomic E-state index is 11.8. The van der Waals surface area contributed by atoms with Crippen molar-refractivity contribution in [3.63, 3.8) is 0 Å². The smallest absolute Gasteiger partial charge is 0.326 e. The summed E-state index contributed by atoms with van der Waals surface area (Å²) >= 11 is 0.